The number of nitrogens with zero attached hydrogens (tertiary/aromatic N) is 1. The van der Waals surface area contributed by atoms with Crippen LogP contribution in [0.2, 0.25) is 0 Å². The number of aliphatic hydroxyl groups is 1. The van der Waals surface area contributed by atoms with Gasteiger partial charge in [-0.1, -0.05) is 19.0 Å². The molecule has 2 unspecified atom stereocenters. The minimum atomic E-state index is -0.586. The van der Waals surface area contributed by atoms with Crippen molar-refractivity contribution in [1.29, 1.82) is 0 Å². The monoisotopic (exact) mass is 463 g/mol. The summed E-state index contributed by atoms with van der Waals surface area (Å²) in [5, 5.41) is 16.8. The predicted octanol–water partition coefficient (Wildman–Crippen LogP) is 4.24. The molecule has 4 aliphatic rings. The Morgan fingerprint density at radius 3 is 2.45 bits per heavy atom. The molecular weight excluding hydrogens is 414 g/mol. The van der Waals surface area contributed by atoms with Gasteiger partial charge in [-0.2, -0.15) is 0 Å². The molecule has 4 rings (SSSR count). The molecule has 4 fully saturated rings. The van der Waals surface area contributed by atoms with Crippen LogP contribution in [0.4, 0.5) is 0 Å². The summed E-state index contributed by atoms with van der Waals surface area (Å²) in [7, 11) is 0. The largest absolute Gasteiger partial charge is 0.396 e. The number of oxime groups is 1. The van der Waals surface area contributed by atoms with Gasteiger partial charge >= 0.3 is 0 Å². The van der Waals surface area contributed by atoms with Gasteiger partial charge in [0.15, 0.2) is 0 Å². The van der Waals surface area contributed by atoms with E-state index in [4.69, 9.17) is 21.0 Å². The average Bonchev–Trinajstić information content (AvgIpc) is 3.08. The third-order valence-corrected chi connectivity index (χ3v) is 10.7. The Morgan fingerprint density at radius 1 is 0.939 bits per heavy atom. The molecule has 0 aromatic rings. The van der Waals surface area contributed by atoms with Gasteiger partial charge in [0.1, 0.15) is 6.61 Å². The molecule has 6 nitrogen and oxygen atoms in total. The fraction of sp³-hybridized carbons (Fsp3) is 0.963. The summed E-state index contributed by atoms with van der Waals surface area (Å²) in [5.74, 6) is 2.05. The second kappa shape index (κ2) is 10.1. The van der Waals surface area contributed by atoms with Gasteiger partial charge in [0.05, 0.1) is 17.4 Å². The van der Waals surface area contributed by atoms with Crippen molar-refractivity contribution in [3.63, 3.8) is 0 Å². The zero-order valence-corrected chi connectivity index (χ0v) is 21.4. The van der Waals surface area contributed by atoms with Crippen LogP contribution >= 0.6 is 0 Å². The van der Waals surface area contributed by atoms with Crippen molar-refractivity contribution in [1.82, 2.24) is 0 Å². The summed E-state index contributed by atoms with van der Waals surface area (Å²) >= 11 is 0. The molecule has 0 amide bonds. The molecule has 0 aromatic carbocycles. The van der Waals surface area contributed by atoms with Crippen molar-refractivity contribution in [2.24, 2.45) is 51.1 Å². The highest BCUT2D eigenvalue weighted by molar-refractivity contribution is 5.85. The van der Waals surface area contributed by atoms with Crippen molar-refractivity contribution in [2.45, 2.75) is 103 Å². The van der Waals surface area contributed by atoms with Gasteiger partial charge in [-0.25, -0.2) is 0 Å². The molecule has 4 saturated carbocycles. The fourth-order valence-electron chi connectivity index (χ4n) is 8.70. The Labute approximate surface area is 201 Å². The second-order valence-corrected chi connectivity index (χ2v) is 12.1. The molecule has 8 atom stereocenters. The van der Waals surface area contributed by atoms with E-state index in [0.29, 0.717) is 49.0 Å². The van der Waals surface area contributed by atoms with E-state index < -0.39 is 5.60 Å². The first-order chi connectivity index (χ1) is 15.8. The van der Waals surface area contributed by atoms with E-state index >= 15 is 0 Å². The van der Waals surface area contributed by atoms with E-state index in [1.165, 1.54) is 25.7 Å². The van der Waals surface area contributed by atoms with Crippen LogP contribution in [0.25, 0.3) is 0 Å². The number of hydrogen-bond acceptors (Lipinski definition) is 6. The molecule has 5 N–H and O–H groups in total. The lowest BCUT2D eigenvalue weighted by Crippen LogP contribution is -2.62. The predicted molar refractivity (Wildman–Crippen MR) is 133 cm³/mol. The molecule has 6 heteroatoms. The Morgan fingerprint density at radius 2 is 1.70 bits per heavy atom. The summed E-state index contributed by atoms with van der Waals surface area (Å²) in [5.41, 5.74) is 11.9. The summed E-state index contributed by atoms with van der Waals surface area (Å²) < 4.78 is 6.19. The van der Waals surface area contributed by atoms with E-state index in [1.807, 2.05) is 0 Å². The maximum atomic E-state index is 12.3. The molecule has 0 saturated heterocycles. The quantitative estimate of drug-likeness (QED) is 0.270. The highest BCUT2D eigenvalue weighted by Gasteiger charge is 2.67. The first-order valence-corrected chi connectivity index (χ1v) is 13.7. The van der Waals surface area contributed by atoms with Crippen molar-refractivity contribution in [3.05, 3.63) is 0 Å². The minimum absolute atomic E-state index is 0.106. The minimum Gasteiger partial charge on any atom is -0.396 e. The third-order valence-electron chi connectivity index (χ3n) is 10.7. The zero-order chi connectivity index (χ0) is 23.7. The molecule has 0 heterocycles. The van der Waals surface area contributed by atoms with Crippen LogP contribution < -0.4 is 11.5 Å². The number of ether oxygens (including phenoxy) is 1. The molecule has 0 aromatic heterocycles. The second-order valence-electron chi connectivity index (χ2n) is 12.1. The van der Waals surface area contributed by atoms with Gasteiger partial charge < -0.3 is 26.1 Å². The van der Waals surface area contributed by atoms with Gasteiger partial charge in [0.25, 0.3) is 0 Å². The van der Waals surface area contributed by atoms with Crippen LogP contribution in [0.3, 0.4) is 0 Å². The SMILES string of the molecule is C/C(=N/OCCCN)[C@H]1CC[C@@]2(O)[C@@H]3CCC4CC(OCCCN)CC[C@]4(C)[C@H]3CC[C@]12C. The fourth-order valence-corrected chi connectivity index (χ4v) is 8.70. The lowest BCUT2D eigenvalue weighted by atomic mass is 9.43. The molecule has 33 heavy (non-hydrogen) atoms. The van der Waals surface area contributed by atoms with E-state index in [1.54, 1.807) is 0 Å². The van der Waals surface area contributed by atoms with E-state index in [2.05, 4.69) is 25.9 Å². The summed E-state index contributed by atoms with van der Waals surface area (Å²) in [6.07, 6.45) is 12.4. The van der Waals surface area contributed by atoms with Crippen LogP contribution in [0.15, 0.2) is 5.16 Å². The molecule has 0 bridgehead atoms. The van der Waals surface area contributed by atoms with Crippen LogP contribution in [-0.4, -0.2) is 48.8 Å². The maximum Gasteiger partial charge on any atom is 0.118 e. The first kappa shape index (κ1) is 25.4. The standard InChI is InChI=1S/C27H49N3O3/c1-19(30-33-17-5-15-29)22-10-13-27(31)24-7-6-20-18-21(32-16-4-14-28)8-11-25(20,2)23(24)9-12-26(22,27)3/h20-24,31H,4-18,28-29H2,1-3H3/b30-19-/t20?,21?,22-,23+,24-,25+,26-,27-/m1/s1. The normalized spacial score (nSPS) is 45.3. The Balaban J connectivity index is 1.46. The summed E-state index contributed by atoms with van der Waals surface area (Å²) in [4.78, 5) is 5.55. The zero-order valence-electron chi connectivity index (χ0n) is 21.4. The highest BCUT2D eigenvalue weighted by Crippen LogP contribution is 2.69. The molecule has 190 valence electrons. The van der Waals surface area contributed by atoms with Crippen molar-refractivity contribution in [3.8, 4) is 0 Å². The number of fused-ring (bicyclic) bond motifs is 5. The molecule has 0 aliphatic heterocycles. The van der Waals surface area contributed by atoms with Crippen LogP contribution in [0.5, 0.6) is 0 Å². The van der Waals surface area contributed by atoms with Crippen molar-refractivity contribution in [2.75, 3.05) is 26.3 Å². The van der Waals surface area contributed by atoms with Gasteiger partial charge in [0.2, 0.25) is 0 Å². The van der Waals surface area contributed by atoms with Crippen molar-refractivity contribution < 1.29 is 14.7 Å². The smallest absolute Gasteiger partial charge is 0.118 e. The molecular formula is C27H49N3O3. The van der Waals surface area contributed by atoms with Crippen LogP contribution in [-0.2, 0) is 9.57 Å². The van der Waals surface area contributed by atoms with Gasteiger partial charge in [-0.05, 0) is 114 Å². The summed E-state index contributed by atoms with van der Waals surface area (Å²) in [6, 6.07) is 0. The lowest BCUT2D eigenvalue weighted by molar-refractivity contribution is -0.208. The topological polar surface area (TPSA) is 103 Å². The Kier molecular flexibility index (Phi) is 7.79. The summed E-state index contributed by atoms with van der Waals surface area (Å²) in [6.45, 7) is 9.69. The van der Waals surface area contributed by atoms with Crippen molar-refractivity contribution >= 4 is 5.71 Å². The number of hydrogen-bond donors (Lipinski definition) is 3. The lowest BCUT2D eigenvalue weighted by Gasteiger charge is -2.63. The first-order valence-electron chi connectivity index (χ1n) is 13.7. The Hall–Kier alpha value is -0.690. The van der Waals surface area contributed by atoms with E-state index in [0.717, 1.165) is 63.2 Å². The van der Waals surface area contributed by atoms with E-state index in [9.17, 15) is 5.11 Å². The number of rotatable bonds is 9. The molecule has 4 aliphatic carbocycles. The highest BCUT2D eigenvalue weighted by atomic mass is 16.6. The van der Waals surface area contributed by atoms with E-state index in [-0.39, 0.29) is 5.41 Å². The average molecular weight is 464 g/mol. The molecule has 0 spiro atoms. The van der Waals surface area contributed by atoms with Crippen LogP contribution in [0.1, 0.15) is 91.4 Å². The van der Waals surface area contributed by atoms with Gasteiger partial charge in [0, 0.05) is 17.9 Å². The number of nitrogens with two attached hydrogens (primary N) is 2. The van der Waals surface area contributed by atoms with Crippen LogP contribution in [0, 0.1) is 34.5 Å². The molecule has 0 radical (unpaired) electrons. The van der Waals surface area contributed by atoms with Gasteiger partial charge in [-0.3, -0.25) is 0 Å². The maximum absolute atomic E-state index is 12.3. The van der Waals surface area contributed by atoms with Gasteiger partial charge in [-0.15, -0.1) is 0 Å². The third kappa shape index (κ3) is 4.39. The Bertz CT molecular complexity index is 702.